The maximum atomic E-state index is 13.1. The number of pyridine rings is 1. The van der Waals surface area contributed by atoms with Crippen LogP contribution in [-0.4, -0.2) is 57.2 Å². The van der Waals surface area contributed by atoms with Gasteiger partial charge in [0.15, 0.2) is 11.5 Å². The lowest BCUT2D eigenvalue weighted by atomic mass is 10.1. The van der Waals surface area contributed by atoms with E-state index in [2.05, 4.69) is 20.5 Å². The highest BCUT2D eigenvalue weighted by molar-refractivity contribution is 7.14. The van der Waals surface area contributed by atoms with Gasteiger partial charge in [0.1, 0.15) is 0 Å². The standard InChI is InChI=1S/C24H25N5O4S/c1-32-20-9-15-13-29(24(31)17(15)11-21(20)33-2)22-10-16(14-34-22)23(30)27-18-12-26-4-3-19(18)28-7-5-25-6-8-28/h3-4,9-12,14,25H,5-8,13H2,1-2H3,(H,27,30). The van der Waals surface area contributed by atoms with Gasteiger partial charge in [-0.15, -0.1) is 11.3 Å². The largest absolute Gasteiger partial charge is 0.493 e. The molecule has 1 aromatic carbocycles. The van der Waals surface area contributed by atoms with Gasteiger partial charge in [0.2, 0.25) is 0 Å². The maximum Gasteiger partial charge on any atom is 0.259 e. The van der Waals surface area contributed by atoms with E-state index < -0.39 is 0 Å². The summed E-state index contributed by atoms with van der Waals surface area (Å²) in [7, 11) is 3.11. The number of carbonyl (C=O) groups excluding carboxylic acids is 2. The third kappa shape index (κ3) is 4.06. The molecule has 4 heterocycles. The minimum Gasteiger partial charge on any atom is -0.493 e. The van der Waals surface area contributed by atoms with Gasteiger partial charge in [-0.25, -0.2) is 0 Å². The lowest BCUT2D eigenvalue weighted by molar-refractivity contribution is 0.0993. The first-order valence-electron chi connectivity index (χ1n) is 11.0. The van der Waals surface area contributed by atoms with Crippen LogP contribution in [0.2, 0.25) is 0 Å². The molecule has 2 amide bonds. The van der Waals surface area contributed by atoms with Crippen molar-refractivity contribution in [2.45, 2.75) is 6.54 Å². The van der Waals surface area contributed by atoms with Crippen LogP contribution in [0.25, 0.3) is 0 Å². The van der Waals surface area contributed by atoms with Crippen LogP contribution in [0.1, 0.15) is 26.3 Å². The number of carbonyl (C=O) groups is 2. The fourth-order valence-corrected chi connectivity index (χ4v) is 5.15. The maximum absolute atomic E-state index is 13.1. The fourth-order valence-electron chi connectivity index (χ4n) is 4.26. The molecule has 1 fully saturated rings. The molecule has 0 saturated carbocycles. The number of rotatable bonds is 6. The summed E-state index contributed by atoms with van der Waals surface area (Å²) in [5.74, 6) is 0.732. The first kappa shape index (κ1) is 22.2. The molecular weight excluding hydrogens is 454 g/mol. The van der Waals surface area contributed by atoms with Crippen LogP contribution >= 0.6 is 11.3 Å². The van der Waals surface area contributed by atoms with Gasteiger partial charge >= 0.3 is 0 Å². The molecule has 5 rings (SSSR count). The van der Waals surface area contributed by atoms with E-state index in [1.807, 2.05) is 12.1 Å². The van der Waals surface area contributed by atoms with Gasteiger partial charge in [-0.2, -0.15) is 0 Å². The Morgan fingerprint density at radius 3 is 2.68 bits per heavy atom. The van der Waals surface area contributed by atoms with E-state index >= 15 is 0 Å². The summed E-state index contributed by atoms with van der Waals surface area (Å²) in [5, 5.41) is 8.80. The Bertz CT molecular complexity index is 1240. The highest BCUT2D eigenvalue weighted by Gasteiger charge is 2.31. The average molecular weight is 480 g/mol. The number of thiophene rings is 1. The first-order chi connectivity index (χ1) is 16.6. The molecular formula is C24H25N5O4S. The summed E-state index contributed by atoms with van der Waals surface area (Å²) < 4.78 is 10.7. The topological polar surface area (TPSA) is 96.0 Å². The molecule has 2 aliphatic rings. The number of piperazine rings is 1. The smallest absolute Gasteiger partial charge is 0.259 e. The molecule has 34 heavy (non-hydrogen) atoms. The van der Waals surface area contributed by atoms with Crippen molar-refractivity contribution in [1.29, 1.82) is 0 Å². The number of hydrogen-bond acceptors (Lipinski definition) is 8. The third-order valence-electron chi connectivity index (χ3n) is 6.03. The zero-order chi connectivity index (χ0) is 23.7. The van der Waals surface area contributed by atoms with Crippen LogP contribution in [0.15, 0.2) is 42.0 Å². The van der Waals surface area contributed by atoms with E-state index in [0.29, 0.717) is 39.9 Å². The Hall–Kier alpha value is -3.63. The number of ether oxygens (including phenoxy) is 2. The second kappa shape index (κ2) is 9.32. The summed E-state index contributed by atoms with van der Waals surface area (Å²) in [4.78, 5) is 34.2. The van der Waals surface area contributed by atoms with Crippen LogP contribution < -0.4 is 29.9 Å². The van der Waals surface area contributed by atoms with Gasteiger partial charge in [0.25, 0.3) is 11.8 Å². The molecule has 2 aromatic heterocycles. The number of amides is 2. The van der Waals surface area contributed by atoms with Crippen molar-refractivity contribution >= 4 is 39.5 Å². The normalized spacial score (nSPS) is 15.3. The molecule has 0 unspecified atom stereocenters. The number of fused-ring (bicyclic) bond motifs is 1. The molecule has 2 N–H and O–H groups in total. The Kier molecular flexibility index (Phi) is 6.08. The minimum atomic E-state index is -0.237. The SMILES string of the molecule is COc1cc2c(cc1OC)C(=O)N(c1cc(C(=O)Nc3cnccc3N3CCNCC3)cs1)C2. The molecule has 1 saturated heterocycles. The van der Waals surface area contributed by atoms with Gasteiger partial charge in [0.05, 0.1) is 48.9 Å². The molecule has 2 aliphatic heterocycles. The molecule has 0 radical (unpaired) electrons. The van der Waals surface area contributed by atoms with Crippen LogP contribution in [0.3, 0.4) is 0 Å². The molecule has 0 spiro atoms. The summed E-state index contributed by atoms with van der Waals surface area (Å²) in [6.07, 6.45) is 3.40. The van der Waals surface area contributed by atoms with E-state index in [-0.39, 0.29) is 11.8 Å². The highest BCUT2D eigenvalue weighted by Crippen LogP contribution is 2.38. The third-order valence-corrected chi connectivity index (χ3v) is 6.98. The number of anilines is 3. The summed E-state index contributed by atoms with van der Waals surface area (Å²) in [6.45, 7) is 3.93. The second-order valence-electron chi connectivity index (χ2n) is 8.01. The van der Waals surface area contributed by atoms with Crippen LogP contribution in [0, 0.1) is 0 Å². The van der Waals surface area contributed by atoms with Crippen molar-refractivity contribution in [2.75, 3.05) is 55.5 Å². The lowest BCUT2D eigenvalue weighted by Crippen LogP contribution is -2.43. The number of benzene rings is 1. The molecule has 10 heteroatoms. The summed E-state index contributed by atoms with van der Waals surface area (Å²) in [5.41, 5.74) is 3.56. The van der Waals surface area contributed by atoms with Crippen LogP contribution in [0.4, 0.5) is 16.4 Å². The quantitative estimate of drug-likeness (QED) is 0.561. The van der Waals surface area contributed by atoms with E-state index in [0.717, 1.165) is 37.4 Å². The number of nitrogens with zero attached hydrogens (tertiary/aromatic N) is 3. The highest BCUT2D eigenvalue weighted by atomic mass is 32.1. The molecule has 9 nitrogen and oxygen atoms in total. The molecule has 0 atom stereocenters. The van der Waals surface area contributed by atoms with E-state index in [4.69, 9.17) is 9.47 Å². The predicted molar refractivity (Wildman–Crippen MR) is 132 cm³/mol. The minimum absolute atomic E-state index is 0.127. The van der Waals surface area contributed by atoms with Gasteiger partial charge < -0.3 is 25.0 Å². The van der Waals surface area contributed by atoms with Crippen molar-refractivity contribution in [1.82, 2.24) is 10.3 Å². The van der Waals surface area contributed by atoms with Gasteiger partial charge in [-0.1, -0.05) is 0 Å². The van der Waals surface area contributed by atoms with Crippen molar-refractivity contribution in [3.8, 4) is 11.5 Å². The van der Waals surface area contributed by atoms with Crippen LogP contribution in [-0.2, 0) is 6.54 Å². The van der Waals surface area contributed by atoms with E-state index in [1.165, 1.54) is 11.3 Å². The molecule has 0 aliphatic carbocycles. The molecule has 3 aromatic rings. The predicted octanol–water partition coefficient (Wildman–Crippen LogP) is 2.98. The Labute approximate surface area is 201 Å². The number of aromatic nitrogens is 1. The van der Waals surface area contributed by atoms with Gasteiger partial charge in [-0.05, 0) is 29.8 Å². The molecule has 176 valence electrons. The van der Waals surface area contributed by atoms with Crippen molar-refractivity contribution in [2.24, 2.45) is 0 Å². The average Bonchev–Trinajstić information content (AvgIpc) is 3.49. The summed E-state index contributed by atoms with van der Waals surface area (Å²) >= 11 is 1.36. The Morgan fingerprint density at radius 2 is 1.91 bits per heavy atom. The van der Waals surface area contributed by atoms with Gasteiger partial charge in [0, 0.05) is 43.3 Å². The number of hydrogen-bond donors (Lipinski definition) is 2. The number of methoxy groups -OCH3 is 2. The van der Waals surface area contributed by atoms with Gasteiger partial charge in [-0.3, -0.25) is 19.5 Å². The zero-order valence-corrected chi connectivity index (χ0v) is 19.8. The van der Waals surface area contributed by atoms with Crippen molar-refractivity contribution < 1.29 is 19.1 Å². The monoisotopic (exact) mass is 479 g/mol. The van der Waals surface area contributed by atoms with Crippen molar-refractivity contribution in [3.63, 3.8) is 0 Å². The Morgan fingerprint density at radius 1 is 1.15 bits per heavy atom. The lowest BCUT2D eigenvalue weighted by Gasteiger charge is -2.30. The Balaban J connectivity index is 1.34. The van der Waals surface area contributed by atoms with Crippen molar-refractivity contribution in [3.05, 3.63) is 58.7 Å². The fraction of sp³-hybridized carbons (Fsp3) is 0.292. The molecule has 0 bridgehead atoms. The van der Waals surface area contributed by atoms with E-state index in [1.54, 1.807) is 49.0 Å². The first-order valence-corrected chi connectivity index (χ1v) is 11.8. The van der Waals surface area contributed by atoms with Crippen LogP contribution in [0.5, 0.6) is 11.5 Å². The van der Waals surface area contributed by atoms with E-state index in [9.17, 15) is 9.59 Å². The number of nitrogens with one attached hydrogen (secondary N) is 2. The summed E-state index contributed by atoms with van der Waals surface area (Å²) in [6, 6.07) is 7.20. The second-order valence-corrected chi connectivity index (χ2v) is 8.90. The zero-order valence-electron chi connectivity index (χ0n) is 19.0.